The summed E-state index contributed by atoms with van der Waals surface area (Å²) < 4.78 is 0. The Hall–Kier alpha value is -0.180. The minimum absolute atomic E-state index is 0.308. The lowest BCUT2D eigenvalue weighted by Gasteiger charge is -2.02. The summed E-state index contributed by atoms with van der Waals surface area (Å²) in [6.07, 6.45) is 14.0. The summed E-state index contributed by atoms with van der Waals surface area (Å²) in [7, 11) is 0. The molecule has 0 amide bonds. The number of hydrogen-bond donors (Lipinski definition) is 1. The van der Waals surface area contributed by atoms with E-state index in [4.69, 9.17) is 5.11 Å². The number of thioether (sulfide) groups is 1. The first-order valence-corrected chi connectivity index (χ1v) is 8.72. The highest BCUT2D eigenvalue weighted by Crippen LogP contribution is 2.12. The molecule has 0 aliphatic rings. The van der Waals surface area contributed by atoms with Crippen molar-refractivity contribution in [1.82, 2.24) is 0 Å². The van der Waals surface area contributed by atoms with Gasteiger partial charge in [-0.25, -0.2) is 0 Å². The van der Waals surface area contributed by atoms with Crippen LogP contribution in [0.1, 0.15) is 77.6 Å². The molecule has 2 nitrogen and oxygen atoms in total. The molecule has 0 aliphatic heterocycles. The zero-order valence-electron chi connectivity index (χ0n) is 12.0. The molecule has 0 atom stereocenters. The Balaban J connectivity index is 2.92. The molecule has 0 fully saturated rings. The summed E-state index contributed by atoms with van der Waals surface area (Å²) in [6, 6.07) is 0. The van der Waals surface area contributed by atoms with Gasteiger partial charge in [0.1, 0.15) is 0 Å². The van der Waals surface area contributed by atoms with Crippen molar-refractivity contribution in [3.8, 4) is 0 Å². The fraction of sp³-hybridized carbons (Fsp3) is 0.933. The van der Waals surface area contributed by atoms with E-state index in [-0.39, 0.29) is 0 Å². The van der Waals surface area contributed by atoms with Crippen molar-refractivity contribution in [2.75, 3.05) is 11.5 Å². The zero-order chi connectivity index (χ0) is 13.5. The van der Waals surface area contributed by atoms with E-state index in [0.717, 1.165) is 11.5 Å². The third-order valence-corrected chi connectivity index (χ3v) is 4.17. The molecule has 0 rings (SSSR count). The van der Waals surface area contributed by atoms with Crippen molar-refractivity contribution in [3.05, 3.63) is 0 Å². The summed E-state index contributed by atoms with van der Waals surface area (Å²) in [5.41, 5.74) is 0. The Bertz CT molecular complexity index is 183. The molecule has 0 heterocycles. The van der Waals surface area contributed by atoms with Gasteiger partial charge in [0.2, 0.25) is 0 Å². The van der Waals surface area contributed by atoms with Gasteiger partial charge in [-0.2, -0.15) is 11.8 Å². The van der Waals surface area contributed by atoms with Gasteiger partial charge in [-0.05, 0) is 12.2 Å². The number of rotatable bonds is 14. The predicted molar refractivity (Wildman–Crippen MR) is 81.4 cm³/mol. The summed E-state index contributed by atoms with van der Waals surface area (Å²) in [4.78, 5) is 10.3. The highest BCUT2D eigenvalue weighted by Gasteiger charge is 1.96. The molecule has 108 valence electrons. The third kappa shape index (κ3) is 15.8. The Morgan fingerprint density at radius 1 is 0.833 bits per heavy atom. The molecule has 0 aromatic carbocycles. The lowest BCUT2D eigenvalue weighted by atomic mass is 10.1. The maximum atomic E-state index is 10.3. The smallest absolute Gasteiger partial charge is 0.304 e. The van der Waals surface area contributed by atoms with E-state index in [1.807, 2.05) is 0 Å². The van der Waals surface area contributed by atoms with Crippen LogP contribution < -0.4 is 0 Å². The summed E-state index contributed by atoms with van der Waals surface area (Å²) >= 11 is 1.78. The van der Waals surface area contributed by atoms with Gasteiger partial charge in [0.25, 0.3) is 0 Å². The zero-order valence-corrected chi connectivity index (χ0v) is 12.8. The van der Waals surface area contributed by atoms with Crippen LogP contribution in [-0.2, 0) is 4.79 Å². The van der Waals surface area contributed by atoms with Gasteiger partial charge in [-0.1, -0.05) is 64.7 Å². The molecule has 0 unspecified atom stereocenters. The van der Waals surface area contributed by atoms with Gasteiger partial charge >= 0.3 is 5.97 Å². The van der Waals surface area contributed by atoms with E-state index in [1.165, 1.54) is 64.2 Å². The molecule has 0 radical (unpaired) electrons. The largest absolute Gasteiger partial charge is 0.481 e. The number of hydrogen-bond acceptors (Lipinski definition) is 2. The number of carboxylic acids is 1. The minimum atomic E-state index is -0.675. The highest BCUT2D eigenvalue weighted by molar-refractivity contribution is 7.99. The van der Waals surface area contributed by atoms with Crippen molar-refractivity contribution < 1.29 is 9.90 Å². The van der Waals surface area contributed by atoms with E-state index in [0.29, 0.717) is 6.42 Å². The number of carboxylic acid groups (broad SMARTS) is 1. The topological polar surface area (TPSA) is 37.3 Å². The first kappa shape index (κ1) is 17.8. The molecule has 0 saturated carbocycles. The van der Waals surface area contributed by atoms with Crippen molar-refractivity contribution in [1.29, 1.82) is 0 Å². The van der Waals surface area contributed by atoms with Crippen LogP contribution in [0.5, 0.6) is 0 Å². The monoisotopic (exact) mass is 274 g/mol. The highest BCUT2D eigenvalue weighted by atomic mass is 32.2. The Labute approximate surface area is 117 Å². The Morgan fingerprint density at radius 3 is 1.83 bits per heavy atom. The second-order valence-corrected chi connectivity index (χ2v) is 6.16. The molecular weight excluding hydrogens is 244 g/mol. The van der Waals surface area contributed by atoms with Crippen LogP contribution in [-0.4, -0.2) is 22.6 Å². The summed E-state index contributed by atoms with van der Waals surface area (Å²) in [5, 5.41) is 8.48. The van der Waals surface area contributed by atoms with Crippen molar-refractivity contribution in [2.24, 2.45) is 0 Å². The quantitative estimate of drug-likeness (QED) is 0.447. The van der Waals surface area contributed by atoms with Crippen LogP contribution >= 0.6 is 11.8 Å². The normalized spacial score (nSPS) is 10.7. The van der Waals surface area contributed by atoms with Gasteiger partial charge in [0.05, 0.1) is 6.42 Å². The lowest BCUT2D eigenvalue weighted by molar-refractivity contribution is -0.136. The van der Waals surface area contributed by atoms with Crippen LogP contribution in [0, 0.1) is 0 Å². The van der Waals surface area contributed by atoms with Crippen LogP contribution in [0.2, 0.25) is 0 Å². The predicted octanol–water partition coefficient (Wildman–Crippen LogP) is 5.12. The first-order valence-electron chi connectivity index (χ1n) is 7.57. The number of carbonyl (C=O) groups is 1. The van der Waals surface area contributed by atoms with Crippen LogP contribution in [0.15, 0.2) is 0 Å². The lowest BCUT2D eigenvalue weighted by Crippen LogP contribution is -1.96. The maximum absolute atomic E-state index is 10.3. The van der Waals surface area contributed by atoms with Gasteiger partial charge in [-0.3, -0.25) is 4.79 Å². The van der Waals surface area contributed by atoms with Crippen LogP contribution in [0.25, 0.3) is 0 Å². The number of aliphatic carboxylic acids is 1. The molecule has 0 spiro atoms. The Kier molecular flexibility index (Phi) is 14.7. The molecule has 0 aromatic heterocycles. The van der Waals surface area contributed by atoms with Crippen molar-refractivity contribution >= 4 is 17.7 Å². The minimum Gasteiger partial charge on any atom is -0.481 e. The molecular formula is C15H30O2S. The molecule has 0 bridgehead atoms. The van der Waals surface area contributed by atoms with Gasteiger partial charge in [-0.15, -0.1) is 0 Å². The maximum Gasteiger partial charge on any atom is 0.304 e. The van der Waals surface area contributed by atoms with Crippen LogP contribution in [0.4, 0.5) is 0 Å². The van der Waals surface area contributed by atoms with Crippen molar-refractivity contribution in [3.63, 3.8) is 0 Å². The number of unbranched alkanes of at least 4 members (excludes halogenated alkanes) is 9. The average Bonchev–Trinajstić information content (AvgIpc) is 2.34. The molecule has 3 heteroatoms. The molecule has 0 aromatic rings. The fourth-order valence-electron chi connectivity index (χ4n) is 1.95. The fourth-order valence-corrected chi connectivity index (χ4v) is 2.88. The van der Waals surface area contributed by atoms with Crippen LogP contribution in [0.3, 0.4) is 0 Å². The standard InChI is InChI=1S/C15H30O2S/c1-2-3-4-5-6-7-8-9-10-11-13-18-14-12-15(16)17/h2-14H2,1H3,(H,16,17). The average molecular weight is 274 g/mol. The molecule has 18 heavy (non-hydrogen) atoms. The van der Waals surface area contributed by atoms with E-state index in [1.54, 1.807) is 11.8 Å². The van der Waals surface area contributed by atoms with E-state index in [2.05, 4.69) is 6.92 Å². The first-order chi connectivity index (χ1) is 8.77. The van der Waals surface area contributed by atoms with Gasteiger partial charge in [0, 0.05) is 5.75 Å². The molecule has 0 aliphatic carbocycles. The summed E-state index contributed by atoms with van der Waals surface area (Å²) in [6.45, 7) is 2.26. The van der Waals surface area contributed by atoms with Gasteiger partial charge < -0.3 is 5.11 Å². The second kappa shape index (κ2) is 14.9. The Morgan fingerprint density at radius 2 is 1.33 bits per heavy atom. The molecule has 0 saturated heterocycles. The summed E-state index contributed by atoms with van der Waals surface area (Å²) in [5.74, 6) is 1.22. The van der Waals surface area contributed by atoms with E-state index >= 15 is 0 Å². The SMILES string of the molecule is CCCCCCCCCCCCSCCC(=O)O. The second-order valence-electron chi connectivity index (χ2n) is 4.94. The third-order valence-electron chi connectivity index (χ3n) is 3.10. The van der Waals surface area contributed by atoms with Crippen molar-refractivity contribution in [2.45, 2.75) is 77.6 Å². The van der Waals surface area contributed by atoms with E-state index in [9.17, 15) is 4.79 Å². The molecule has 1 N–H and O–H groups in total. The van der Waals surface area contributed by atoms with E-state index < -0.39 is 5.97 Å². The van der Waals surface area contributed by atoms with Gasteiger partial charge in [0.15, 0.2) is 0 Å².